The molecule has 0 saturated heterocycles. The van der Waals surface area contributed by atoms with E-state index in [1.165, 1.54) is 6.07 Å². The van der Waals surface area contributed by atoms with Gasteiger partial charge >= 0.3 is 6.18 Å². The van der Waals surface area contributed by atoms with Crippen LogP contribution < -0.4 is 0 Å². The Morgan fingerprint density at radius 3 is 1.92 bits per heavy atom. The Kier molecular flexibility index (Phi) is 5.08. The zero-order valence-electron chi connectivity index (χ0n) is 12.3. The minimum atomic E-state index is -4.57. The molecule has 2 N–H and O–H groups in total. The number of rotatable bonds is 4. The third kappa shape index (κ3) is 3.65. The van der Waals surface area contributed by atoms with Crippen molar-refractivity contribution in [3.63, 3.8) is 0 Å². The molecule has 0 unspecified atom stereocenters. The highest BCUT2D eigenvalue weighted by atomic mass is 19.4. The highest BCUT2D eigenvalue weighted by molar-refractivity contribution is 6.41. The van der Waals surface area contributed by atoms with E-state index in [2.05, 4.69) is 0 Å². The van der Waals surface area contributed by atoms with E-state index in [-0.39, 0.29) is 16.7 Å². The van der Waals surface area contributed by atoms with Gasteiger partial charge < -0.3 is 10.2 Å². The molecule has 124 valence electrons. The molecule has 0 bridgehead atoms. The minimum Gasteiger partial charge on any atom is -0.515 e. The molecule has 0 spiro atoms. The molecule has 3 nitrogen and oxygen atoms in total. The number of Topliss-reactive ketones (excluding diaryl/α,β-unsaturated/α-hetero) is 1. The molecule has 0 aliphatic rings. The van der Waals surface area contributed by atoms with Crippen LogP contribution >= 0.6 is 0 Å². The first-order chi connectivity index (χ1) is 11.4. The van der Waals surface area contributed by atoms with Crippen molar-refractivity contribution in [3.05, 3.63) is 83.8 Å². The Bertz CT molecular complexity index is 791. The van der Waals surface area contributed by atoms with Gasteiger partial charge in [-0.25, -0.2) is 0 Å². The maximum atomic E-state index is 12.8. The first kappa shape index (κ1) is 17.3. The molecular weight excluding hydrogens is 321 g/mol. The van der Waals surface area contributed by atoms with Crippen LogP contribution in [0.4, 0.5) is 13.2 Å². The average Bonchev–Trinajstić information content (AvgIpc) is 2.57. The van der Waals surface area contributed by atoms with Crippen LogP contribution in [0.25, 0.3) is 11.1 Å². The molecule has 0 aliphatic heterocycles. The fraction of sp³-hybridized carbons (Fsp3) is 0.0556. The van der Waals surface area contributed by atoms with Gasteiger partial charge in [0, 0.05) is 0 Å². The normalized spacial score (nSPS) is 13.0. The van der Waals surface area contributed by atoms with Crippen molar-refractivity contribution in [1.29, 1.82) is 0 Å². The lowest BCUT2D eigenvalue weighted by Crippen LogP contribution is -2.08. The Morgan fingerprint density at radius 2 is 1.38 bits per heavy atom. The van der Waals surface area contributed by atoms with E-state index in [0.717, 1.165) is 18.2 Å². The van der Waals surface area contributed by atoms with Crippen molar-refractivity contribution in [1.82, 2.24) is 0 Å². The summed E-state index contributed by atoms with van der Waals surface area (Å²) in [4.78, 5) is 12.5. The first-order valence-corrected chi connectivity index (χ1v) is 6.85. The summed E-state index contributed by atoms with van der Waals surface area (Å²) in [6.45, 7) is 0. The second-order valence-corrected chi connectivity index (χ2v) is 4.86. The van der Waals surface area contributed by atoms with Crippen LogP contribution in [0.2, 0.25) is 0 Å². The van der Waals surface area contributed by atoms with Gasteiger partial charge in [0.05, 0.1) is 29.2 Å². The van der Waals surface area contributed by atoms with Crippen LogP contribution in [-0.2, 0) is 11.0 Å². The van der Waals surface area contributed by atoms with Gasteiger partial charge in [-0.1, -0.05) is 42.5 Å². The summed E-state index contributed by atoms with van der Waals surface area (Å²) in [5, 5.41) is 18.7. The van der Waals surface area contributed by atoms with E-state index < -0.39 is 17.5 Å². The number of carbonyl (C=O) groups is 1. The Hall–Kier alpha value is -3.02. The standard InChI is InChI=1S/C18H13F3O3/c19-18(20,21)14-8-4-7-13(9-14)16(11-23)17(24)15(10-22)12-5-2-1-3-6-12/h1-11,22-23H. The van der Waals surface area contributed by atoms with Crippen LogP contribution in [0.15, 0.2) is 67.1 Å². The van der Waals surface area contributed by atoms with Gasteiger partial charge in [-0.05, 0) is 23.3 Å². The SMILES string of the molecule is O=C(C(=CO)c1ccccc1)C(=CO)c1cccc(C(F)(F)F)c1. The van der Waals surface area contributed by atoms with Crippen LogP contribution in [0.5, 0.6) is 0 Å². The summed E-state index contributed by atoms with van der Waals surface area (Å²) >= 11 is 0. The fourth-order valence-corrected chi connectivity index (χ4v) is 2.15. The molecule has 6 heteroatoms. The molecule has 0 aliphatic carbocycles. The molecule has 0 fully saturated rings. The molecule has 2 aromatic carbocycles. The number of ketones is 1. The van der Waals surface area contributed by atoms with E-state index in [9.17, 15) is 28.2 Å². The molecule has 24 heavy (non-hydrogen) atoms. The summed E-state index contributed by atoms with van der Waals surface area (Å²) in [7, 11) is 0. The maximum Gasteiger partial charge on any atom is 0.416 e. The van der Waals surface area contributed by atoms with Crippen molar-refractivity contribution in [2.75, 3.05) is 0 Å². The Balaban J connectivity index is 2.44. The summed E-state index contributed by atoms with van der Waals surface area (Å²) < 4.78 is 38.4. The average molecular weight is 334 g/mol. The summed E-state index contributed by atoms with van der Waals surface area (Å²) in [6, 6.07) is 12.1. The number of aliphatic hydroxyl groups excluding tert-OH is 2. The monoisotopic (exact) mass is 334 g/mol. The second-order valence-electron chi connectivity index (χ2n) is 4.86. The zero-order valence-corrected chi connectivity index (χ0v) is 12.3. The number of benzene rings is 2. The van der Waals surface area contributed by atoms with E-state index >= 15 is 0 Å². The molecule has 0 atom stereocenters. The Morgan fingerprint density at radius 1 is 0.833 bits per heavy atom. The van der Waals surface area contributed by atoms with Crippen molar-refractivity contribution in [2.24, 2.45) is 0 Å². The lowest BCUT2D eigenvalue weighted by atomic mass is 9.93. The summed E-state index contributed by atoms with van der Waals surface area (Å²) in [5.74, 6) is -0.800. The maximum absolute atomic E-state index is 12.8. The minimum absolute atomic E-state index is 0.104. The number of hydrogen-bond acceptors (Lipinski definition) is 3. The Labute approximate surface area is 136 Å². The first-order valence-electron chi connectivity index (χ1n) is 6.85. The number of allylic oxidation sites excluding steroid dienone is 2. The van der Waals surface area contributed by atoms with Gasteiger partial charge in [-0.2, -0.15) is 13.2 Å². The highest BCUT2D eigenvalue weighted by Gasteiger charge is 2.31. The van der Waals surface area contributed by atoms with E-state index in [1.807, 2.05) is 0 Å². The number of alkyl halides is 3. The zero-order chi connectivity index (χ0) is 17.7. The van der Waals surface area contributed by atoms with Crippen LogP contribution in [0.3, 0.4) is 0 Å². The number of aliphatic hydroxyl groups is 2. The van der Waals surface area contributed by atoms with Gasteiger partial charge in [0.2, 0.25) is 0 Å². The molecular formula is C18H13F3O3. The molecule has 2 aromatic rings. The summed E-state index contributed by atoms with van der Waals surface area (Å²) in [6.07, 6.45) is -3.58. The third-order valence-electron chi connectivity index (χ3n) is 3.33. The lowest BCUT2D eigenvalue weighted by molar-refractivity contribution is -0.137. The summed E-state index contributed by atoms with van der Waals surface area (Å²) in [5.41, 5.74) is -1.18. The van der Waals surface area contributed by atoms with Gasteiger partial charge in [-0.15, -0.1) is 0 Å². The quantitative estimate of drug-likeness (QED) is 0.625. The van der Waals surface area contributed by atoms with E-state index in [4.69, 9.17) is 0 Å². The smallest absolute Gasteiger partial charge is 0.416 e. The van der Waals surface area contributed by atoms with Crippen molar-refractivity contribution < 1.29 is 28.2 Å². The number of halogens is 3. The topological polar surface area (TPSA) is 57.5 Å². The van der Waals surface area contributed by atoms with E-state index in [0.29, 0.717) is 18.1 Å². The highest BCUT2D eigenvalue weighted by Crippen LogP contribution is 2.32. The second kappa shape index (κ2) is 7.04. The van der Waals surface area contributed by atoms with Gasteiger partial charge in [0.15, 0.2) is 5.78 Å². The predicted molar refractivity (Wildman–Crippen MR) is 84.1 cm³/mol. The molecule has 0 aromatic heterocycles. The molecule has 0 radical (unpaired) electrons. The molecule has 2 rings (SSSR count). The molecule has 0 saturated carbocycles. The van der Waals surface area contributed by atoms with Gasteiger partial charge in [0.1, 0.15) is 0 Å². The van der Waals surface area contributed by atoms with Crippen molar-refractivity contribution >= 4 is 16.9 Å². The van der Waals surface area contributed by atoms with Crippen LogP contribution in [0.1, 0.15) is 16.7 Å². The predicted octanol–water partition coefficient (Wildman–Crippen LogP) is 4.77. The van der Waals surface area contributed by atoms with Crippen LogP contribution in [-0.4, -0.2) is 16.0 Å². The molecule has 0 heterocycles. The largest absolute Gasteiger partial charge is 0.515 e. The van der Waals surface area contributed by atoms with Gasteiger partial charge in [-0.3, -0.25) is 4.79 Å². The van der Waals surface area contributed by atoms with E-state index in [1.54, 1.807) is 30.3 Å². The molecule has 0 amide bonds. The van der Waals surface area contributed by atoms with Crippen LogP contribution in [0, 0.1) is 0 Å². The number of carbonyl (C=O) groups excluding carboxylic acids is 1. The number of hydrogen-bond donors (Lipinski definition) is 2. The van der Waals surface area contributed by atoms with Crippen molar-refractivity contribution in [2.45, 2.75) is 6.18 Å². The van der Waals surface area contributed by atoms with Crippen molar-refractivity contribution in [3.8, 4) is 0 Å². The van der Waals surface area contributed by atoms with Gasteiger partial charge in [0.25, 0.3) is 0 Å². The third-order valence-corrected chi connectivity index (χ3v) is 3.33. The fourth-order valence-electron chi connectivity index (χ4n) is 2.15. The lowest BCUT2D eigenvalue weighted by Gasteiger charge is -2.11.